The molecule has 42 heavy (non-hydrogen) atoms. The summed E-state index contributed by atoms with van der Waals surface area (Å²) >= 11 is 0. The first kappa shape index (κ1) is 32.5. The van der Waals surface area contributed by atoms with Crippen LogP contribution < -0.4 is 44.1 Å². The van der Waals surface area contributed by atoms with Gasteiger partial charge in [-0.05, 0) is 111 Å². The minimum atomic E-state index is -0.977. The number of carbonyl (C=O) groups is 1. The van der Waals surface area contributed by atoms with Crippen molar-refractivity contribution in [3.05, 3.63) is 77.0 Å². The number of fused-ring (bicyclic) bond motifs is 1. The van der Waals surface area contributed by atoms with Crippen LogP contribution in [0.5, 0.6) is 11.6 Å². The van der Waals surface area contributed by atoms with Gasteiger partial charge < -0.3 is 19.4 Å². The third-order valence-electron chi connectivity index (χ3n) is 8.90. The summed E-state index contributed by atoms with van der Waals surface area (Å²) in [6.45, 7) is 11.6. The summed E-state index contributed by atoms with van der Waals surface area (Å²) in [6.07, 6.45) is 5.70. The van der Waals surface area contributed by atoms with Crippen LogP contribution in [0.1, 0.15) is 88.2 Å². The fraction of sp³-hybridized carbons (Fsp3) is 0.486. The first-order valence-electron chi connectivity index (χ1n) is 15.1. The number of methoxy groups -OCH3 is 1. The second-order valence-electron chi connectivity index (χ2n) is 12.3. The van der Waals surface area contributed by atoms with Crippen molar-refractivity contribution in [3.8, 4) is 22.8 Å². The number of carbonyl (C=O) groups excluding carboxylic acids is 1. The summed E-state index contributed by atoms with van der Waals surface area (Å²) in [7, 11) is 1.64. The maximum absolute atomic E-state index is 11.8. The summed E-state index contributed by atoms with van der Waals surface area (Å²) in [5, 5.41) is 11.8. The molecule has 5 rings (SSSR count). The Morgan fingerprint density at radius 3 is 2.40 bits per heavy atom. The molecule has 1 aliphatic heterocycles. The van der Waals surface area contributed by atoms with Crippen LogP contribution in [0.15, 0.2) is 54.7 Å². The van der Waals surface area contributed by atoms with Gasteiger partial charge in [0.15, 0.2) is 0 Å². The molecule has 1 aliphatic carbocycles. The van der Waals surface area contributed by atoms with Crippen molar-refractivity contribution in [2.24, 2.45) is 11.8 Å². The number of rotatable bonds is 11. The molecule has 0 unspecified atom stereocenters. The largest absolute Gasteiger partial charge is 1.00 e. The molecule has 0 bridgehead atoms. The Bertz CT molecular complexity index is 1380. The molecule has 218 valence electrons. The van der Waals surface area contributed by atoms with Crippen molar-refractivity contribution in [1.82, 2.24) is 9.88 Å². The van der Waals surface area contributed by atoms with Crippen LogP contribution in [0.2, 0.25) is 0 Å². The van der Waals surface area contributed by atoms with Crippen LogP contribution in [0.4, 0.5) is 0 Å². The number of carboxylic acids is 1. The van der Waals surface area contributed by atoms with E-state index < -0.39 is 11.9 Å². The molecule has 0 spiro atoms. The van der Waals surface area contributed by atoms with Crippen LogP contribution in [0, 0.1) is 11.8 Å². The second-order valence-corrected chi connectivity index (χ2v) is 12.3. The molecule has 2 heterocycles. The van der Waals surface area contributed by atoms with E-state index in [-0.39, 0.29) is 41.6 Å². The summed E-state index contributed by atoms with van der Waals surface area (Å²) in [4.78, 5) is 18.6. The van der Waals surface area contributed by atoms with E-state index in [4.69, 9.17) is 9.47 Å². The molecule has 3 atom stereocenters. The van der Waals surface area contributed by atoms with Gasteiger partial charge in [-0.3, -0.25) is 4.90 Å². The third-order valence-corrected chi connectivity index (χ3v) is 8.90. The smallest absolute Gasteiger partial charge is 0.550 e. The van der Waals surface area contributed by atoms with Gasteiger partial charge in [0.05, 0.1) is 7.11 Å². The van der Waals surface area contributed by atoms with Gasteiger partial charge in [0.2, 0.25) is 5.88 Å². The molecule has 6 nitrogen and oxygen atoms in total. The van der Waals surface area contributed by atoms with E-state index in [1.54, 1.807) is 20.2 Å². The SMILES string of the molecule is COc1cc(-c2ccc([C@@H]3CCc4ccc([C@H](C5CC5)[C@H](C)C(=O)[O-])cc4O3)cc2CN(C(C)C)C(C)C)ccn1.[Na+]. The molecule has 1 fully saturated rings. The zero-order valence-electron chi connectivity index (χ0n) is 26.2. The van der Waals surface area contributed by atoms with Crippen molar-refractivity contribution < 1.29 is 48.9 Å². The Balaban J connectivity index is 0.00000405. The normalized spacial score (nSPS) is 17.8. The number of aromatic nitrogens is 1. The number of aryl methyl sites for hydroxylation is 1. The Morgan fingerprint density at radius 1 is 1.02 bits per heavy atom. The molecule has 1 saturated carbocycles. The van der Waals surface area contributed by atoms with Crippen molar-refractivity contribution in [2.45, 2.75) is 91.0 Å². The predicted octanol–water partition coefficient (Wildman–Crippen LogP) is 3.33. The van der Waals surface area contributed by atoms with E-state index in [0.29, 0.717) is 23.9 Å². The van der Waals surface area contributed by atoms with Crippen LogP contribution in [0.25, 0.3) is 11.1 Å². The molecular formula is C35H43N2NaO4. The number of hydrogen-bond donors (Lipinski definition) is 0. The monoisotopic (exact) mass is 578 g/mol. The van der Waals surface area contributed by atoms with Crippen molar-refractivity contribution in [3.63, 3.8) is 0 Å². The third kappa shape index (κ3) is 7.21. The number of hydrogen-bond acceptors (Lipinski definition) is 6. The summed E-state index contributed by atoms with van der Waals surface area (Å²) in [5.41, 5.74) is 6.90. The number of carboxylic acid groups (broad SMARTS) is 1. The number of pyridine rings is 1. The van der Waals surface area contributed by atoms with E-state index >= 15 is 0 Å². The molecular weight excluding hydrogens is 535 g/mol. The van der Waals surface area contributed by atoms with Crippen molar-refractivity contribution in [1.29, 1.82) is 0 Å². The predicted molar refractivity (Wildman–Crippen MR) is 160 cm³/mol. The molecule has 2 aliphatic rings. The topological polar surface area (TPSA) is 74.7 Å². The average Bonchev–Trinajstić information content (AvgIpc) is 3.80. The van der Waals surface area contributed by atoms with Crippen molar-refractivity contribution >= 4 is 5.97 Å². The van der Waals surface area contributed by atoms with Gasteiger partial charge in [0, 0.05) is 42.8 Å². The van der Waals surface area contributed by atoms with Gasteiger partial charge in [0.1, 0.15) is 11.9 Å². The average molecular weight is 579 g/mol. The Hall–Kier alpha value is -2.38. The molecule has 3 aromatic rings. The molecule has 1 aromatic heterocycles. The zero-order chi connectivity index (χ0) is 29.3. The van der Waals surface area contributed by atoms with Gasteiger partial charge in [0.25, 0.3) is 0 Å². The molecule has 0 saturated heterocycles. The van der Waals surface area contributed by atoms with E-state index in [9.17, 15) is 9.90 Å². The minimum Gasteiger partial charge on any atom is -0.550 e. The zero-order valence-corrected chi connectivity index (χ0v) is 28.2. The van der Waals surface area contributed by atoms with Gasteiger partial charge >= 0.3 is 29.6 Å². The molecule has 0 N–H and O–H groups in total. The standard InChI is InChI=1S/C35H44N2O4.Na/c1-21(2)37(22(3)4)20-29-17-27(11-13-30(29)26-15-16-36-33(19-26)40-6)31-14-12-24-7-10-28(18-32(24)41-31)34(25-8-9-25)23(5)35(38)39;/h7,10-11,13,15-19,21-23,25,31,34H,8-9,12,14,20H2,1-6H3,(H,38,39);/q;+1/p-1/t23-,31-,34-;/m0./s1. The van der Waals surface area contributed by atoms with Crippen LogP contribution >= 0.6 is 0 Å². The van der Waals surface area contributed by atoms with Gasteiger partial charge in [-0.1, -0.05) is 37.3 Å². The van der Waals surface area contributed by atoms with Crippen LogP contribution in [0.3, 0.4) is 0 Å². The van der Waals surface area contributed by atoms with Crippen LogP contribution in [-0.2, 0) is 17.8 Å². The molecule has 0 amide bonds. The number of aliphatic carboxylic acids is 1. The van der Waals surface area contributed by atoms with E-state index in [0.717, 1.165) is 54.7 Å². The molecule has 7 heteroatoms. The van der Waals surface area contributed by atoms with E-state index in [1.807, 2.05) is 12.1 Å². The Morgan fingerprint density at radius 2 is 1.76 bits per heavy atom. The summed E-state index contributed by atoms with van der Waals surface area (Å²) in [6, 6.07) is 17.9. The first-order valence-corrected chi connectivity index (χ1v) is 15.1. The summed E-state index contributed by atoms with van der Waals surface area (Å²) in [5.74, 6) is 0.358. The minimum absolute atomic E-state index is 0. The Kier molecular flexibility index (Phi) is 10.8. The van der Waals surface area contributed by atoms with Gasteiger partial charge in [-0.2, -0.15) is 0 Å². The van der Waals surface area contributed by atoms with Crippen LogP contribution in [-0.4, -0.2) is 35.0 Å². The first-order chi connectivity index (χ1) is 19.7. The number of nitrogens with zero attached hydrogens (tertiary/aromatic N) is 2. The quantitative estimate of drug-likeness (QED) is 0.325. The second kappa shape index (κ2) is 13.9. The number of ether oxygens (including phenoxy) is 2. The molecule has 2 aromatic carbocycles. The van der Waals surface area contributed by atoms with E-state index in [1.165, 1.54) is 16.7 Å². The van der Waals surface area contributed by atoms with Gasteiger partial charge in [-0.25, -0.2) is 4.98 Å². The number of benzene rings is 2. The van der Waals surface area contributed by atoms with Crippen molar-refractivity contribution in [2.75, 3.05) is 7.11 Å². The molecule has 0 radical (unpaired) electrons. The fourth-order valence-electron chi connectivity index (χ4n) is 6.47. The fourth-order valence-corrected chi connectivity index (χ4v) is 6.47. The van der Waals surface area contributed by atoms with Gasteiger partial charge in [-0.15, -0.1) is 0 Å². The van der Waals surface area contributed by atoms with E-state index in [2.05, 4.69) is 74.0 Å². The maximum Gasteiger partial charge on any atom is 1.00 e. The maximum atomic E-state index is 11.8. The Labute approximate surface area is 273 Å². The summed E-state index contributed by atoms with van der Waals surface area (Å²) < 4.78 is 12.1.